The Morgan fingerprint density at radius 1 is 1.14 bits per heavy atom. The number of nitrogens with zero attached hydrogens (tertiary/aromatic N) is 1. The van der Waals surface area contributed by atoms with Gasteiger partial charge in [-0.2, -0.15) is 5.10 Å². The maximum absolute atomic E-state index is 11.8. The number of hydrogen-bond donors (Lipinski definition) is 1. The number of ether oxygens (including phenoxy) is 1. The summed E-state index contributed by atoms with van der Waals surface area (Å²) in [6.07, 6.45) is 1.49. The van der Waals surface area contributed by atoms with Crippen molar-refractivity contribution in [3.05, 3.63) is 63.6 Å². The Hall–Kier alpha value is -2.04. The van der Waals surface area contributed by atoms with Crippen LogP contribution in [0.3, 0.4) is 0 Å². The zero-order valence-corrected chi connectivity index (χ0v) is 12.7. The summed E-state index contributed by atoms with van der Waals surface area (Å²) in [6.45, 7) is 0. The molecule has 0 heterocycles. The molecule has 6 heteroatoms. The van der Waals surface area contributed by atoms with E-state index in [-0.39, 0.29) is 5.91 Å². The summed E-state index contributed by atoms with van der Waals surface area (Å²) in [5.41, 5.74) is 3.66. The van der Waals surface area contributed by atoms with E-state index in [0.717, 1.165) is 5.56 Å². The Labute approximate surface area is 132 Å². The van der Waals surface area contributed by atoms with Crippen molar-refractivity contribution in [3.63, 3.8) is 0 Å². The summed E-state index contributed by atoms with van der Waals surface area (Å²) in [5, 5.41) is 4.77. The van der Waals surface area contributed by atoms with Crippen LogP contribution in [0.15, 0.2) is 47.6 Å². The van der Waals surface area contributed by atoms with Crippen LogP contribution in [0, 0.1) is 0 Å². The van der Waals surface area contributed by atoms with Crippen LogP contribution in [0.5, 0.6) is 5.75 Å². The molecule has 0 aliphatic carbocycles. The van der Waals surface area contributed by atoms with Crippen LogP contribution in [0.4, 0.5) is 0 Å². The molecule has 0 spiro atoms. The molecule has 4 nitrogen and oxygen atoms in total. The van der Waals surface area contributed by atoms with Crippen molar-refractivity contribution >= 4 is 35.3 Å². The molecule has 2 rings (SSSR count). The van der Waals surface area contributed by atoms with Gasteiger partial charge >= 0.3 is 0 Å². The minimum absolute atomic E-state index is 0.311. The van der Waals surface area contributed by atoms with E-state index in [2.05, 4.69) is 10.5 Å². The summed E-state index contributed by atoms with van der Waals surface area (Å²) >= 11 is 11.7. The summed E-state index contributed by atoms with van der Waals surface area (Å²) in [7, 11) is 1.57. The molecule has 1 N–H and O–H groups in total. The van der Waals surface area contributed by atoms with Gasteiger partial charge in [0.15, 0.2) is 0 Å². The smallest absolute Gasteiger partial charge is 0.271 e. The first kappa shape index (κ1) is 15.4. The number of hydrogen-bond acceptors (Lipinski definition) is 3. The van der Waals surface area contributed by atoms with Gasteiger partial charge in [0.05, 0.1) is 23.4 Å². The van der Waals surface area contributed by atoms with Crippen LogP contribution in [0.25, 0.3) is 0 Å². The van der Waals surface area contributed by atoms with Gasteiger partial charge < -0.3 is 4.74 Å². The molecule has 0 bridgehead atoms. The van der Waals surface area contributed by atoms with Crippen LogP contribution in [0.2, 0.25) is 10.0 Å². The third kappa shape index (κ3) is 4.21. The van der Waals surface area contributed by atoms with Crippen molar-refractivity contribution in [1.29, 1.82) is 0 Å². The predicted molar refractivity (Wildman–Crippen MR) is 84.5 cm³/mol. The number of carbonyl (C=O) groups excluding carboxylic acids is 1. The first-order valence-corrected chi connectivity index (χ1v) is 6.78. The third-order valence-electron chi connectivity index (χ3n) is 2.68. The van der Waals surface area contributed by atoms with Crippen LogP contribution in [0.1, 0.15) is 15.9 Å². The lowest BCUT2D eigenvalue weighted by atomic mass is 10.2. The van der Waals surface area contributed by atoms with E-state index in [9.17, 15) is 4.79 Å². The molecule has 108 valence electrons. The normalized spacial score (nSPS) is 10.6. The van der Waals surface area contributed by atoms with Crippen molar-refractivity contribution in [3.8, 4) is 5.75 Å². The van der Waals surface area contributed by atoms with Gasteiger partial charge in [0.1, 0.15) is 5.75 Å². The third-order valence-corrected chi connectivity index (χ3v) is 3.41. The summed E-state index contributed by atoms with van der Waals surface area (Å²) in [6, 6.07) is 11.8. The standard InChI is InChI=1S/C15H12Cl2N2O2/c1-21-12-5-3-11(4-6-12)15(20)19-18-9-10-2-7-13(16)14(17)8-10/h2-9H,1H3,(H,19,20)/b18-9+. The number of carbonyl (C=O) groups is 1. The average Bonchev–Trinajstić information content (AvgIpc) is 2.51. The zero-order valence-electron chi connectivity index (χ0n) is 11.1. The molecule has 0 aromatic heterocycles. The lowest BCUT2D eigenvalue weighted by molar-refractivity contribution is 0.0955. The predicted octanol–water partition coefficient (Wildman–Crippen LogP) is 3.77. The van der Waals surface area contributed by atoms with Crippen LogP contribution >= 0.6 is 23.2 Å². The molecule has 2 aromatic rings. The van der Waals surface area contributed by atoms with E-state index >= 15 is 0 Å². The second-order valence-corrected chi connectivity index (χ2v) is 4.92. The first-order chi connectivity index (χ1) is 10.1. The van der Waals surface area contributed by atoms with Crippen LogP contribution in [-0.4, -0.2) is 19.2 Å². The number of hydrazone groups is 1. The van der Waals surface area contributed by atoms with Crippen molar-refractivity contribution in [2.75, 3.05) is 7.11 Å². The SMILES string of the molecule is COc1ccc(C(=O)N/N=C/c2ccc(Cl)c(Cl)c2)cc1. The molecule has 0 atom stereocenters. The molecule has 0 radical (unpaired) electrons. The highest BCUT2D eigenvalue weighted by molar-refractivity contribution is 6.42. The van der Waals surface area contributed by atoms with Crippen molar-refractivity contribution in [2.45, 2.75) is 0 Å². The molecule has 2 aromatic carbocycles. The van der Waals surface area contributed by atoms with E-state index in [1.54, 1.807) is 49.6 Å². The maximum Gasteiger partial charge on any atom is 0.271 e. The fourth-order valence-electron chi connectivity index (χ4n) is 1.57. The zero-order chi connectivity index (χ0) is 15.2. The highest BCUT2D eigenvalue weighted by Gasteiger charge is 2.04. The highest BCUT2D eigenvalue weighted by Crippen LogP contribution is 2.21. The topological polar surface area (TPSA) is 50.7 Å². The molecule has 0 saturated heterocycles. The fourth-order valence-corrected chi connectivity index (χ4v) is 1.87. The molecule has 21 heavy (non-hydrogen) atoms. The lowest BCUT2D eigenvalue weighted by Crippen LogP contribution is -2.17. The van der Waals surface area contributed by atoms with Gasteiger partial charge in [-0.25, -0.2) is 5.43 Å². The monoisotopic (exact) mass is 322 g/mol. The number of amides is 1. The Morgan fingerprint density at radius 3 is 2.48 bits per heavy atom. The second-order valence-electron chi connectivity index (χ2n) is 4.10. The Morgan fingerprint density at radius 2 is 1.86 bits per heavy atom. The number of rotatable bonds is 4. The van der Waals surface area contributed by atoms with Crippen molar-refractivity contribution in [1.82, 2.24) is 5.43 Å². The van der Waals surface area contributed by atoms with Gasteiger partial charge in [0.2, 0.25) is 0 Å². The van der Waals surface area contributed by atoms with E-state index in [1.165, 1.54) is 6.21 Å². The van der Waals surface area contributed by atoms with Crippen LogP contribution < -0.4 is 10.2 Å². The Kier molecular flexibility index (Phi) is 5.20. The van der Waals surface area contributed by atoms with Gasteiger partial charge in [0.25, 0.3) is 5.91 Å². The molecule has 1 amide bonds. The van der Waals surface area contributed by atoms with E-state index in [4.69, 9.17) is 27.9 Å². The average molecular weight is 323 g/mol. The first-order valence-electron chi connectivity index (χ1n) is 6.02. The van der Waals surface area contributed by atoms with Crippen LogP contribution in [-0.2, 0) is 0 Å². The molecular weight excluding hydrogens is 311 g/mol. The lowest BCUT2D eigenvalue weighted by Gasteiger charge is -2.02. The molecule has 0 unspecified atom stereocenters. The van der Waals surface area contributed by atoms with Gasteiger partial charge in [-0.15, -0.1) is 0 Å². The van der Waals surface area contributed by atoms with Crippen molar-refractivity contribution in [2.24, 2.45) is 5.10 Å². The minimum Gasteiger partial charge on any atom is -0.497 e. The van der Waals surface area contributed by atoms with Crippen molar-refractivity contribution < 1.29 is 9.53 Å². The maximum atomic E-state index is 11.8. The van der Waals surface area contributed by atoms with E-state index in [1.807, 2.05) is 0 Å². The minimum atomic E-state index is -0.311. The summed E-state index contributed by atoms with van der Waals surface area (Å²) in [4.78, 5) is 11.8. The second kappa shape index (κ2) is 7.11. The molecule has 0 aliphatic rings. The Balaban J connectivity index is 1.99. The van der Waals surface area contributed by atoms with E-state index < -0.39 is 0 Å². The van der Waals surface area contributed by atoms with E-state index in [0.29, 0.717) is 21.4 Å². The van der Waals surface area contributed by atoms with Gasteiger partial charge in [-0.05, 0) is 42.0 Å². The van der Waals surface area contributed by atoms with Gasteiger partial charge in [-0.1, -0.05) is 29.3 Å². The fraction of sp³-hybridized carbons (Fsp3) is 0.0667. The van der Waals surface area contributed by atoms with Gasteiger partial charge in [0, 0.05) is 5.56 Å². The van der Waals surface area contributed by atoms with Gasteiger partial charge in [-0.3, -0.25) is 4.79 Å². The number of methoxy groups -OCH3 is 1. The number of nitrogens with one attached hydrogen (secondary N) is 1. The summed E-state index contributed by atoms with van der Waals surface area (Å²) < 4.78 is 5.02. The molecule has 0 aliphatic heterocycles. The molecule has 0 fully saturated rings. The number of halogens is 2. The highest BCUT2D eigenvalue weighted by atomic mass is 35.5. The Bertz CT molecular complexity index is 670. The quantitative estimate of drug-likeness (QED) is 0.688. The summed E-state index contributed by atoms with van der Waals surface area (Å²) in [5.74, 6) is 0.375. The molecular formula is C15H12Cl2N2O2. The largest absolute Gasteiger partial charge is 0.497 e. The molecule has 0 saturated carbocycles. The number of benzene rings is 2.